The van der Waals surface area contributed by atoms with E-state index in [1.165, 1.54) is 11.1 Å². The highest BCUT2D eigenvalue weighted by Gasteiger charge is 2.29. The fourth-order valence-electron chi connectivity index (χ4n) is 3.39. The van der Waals surface area contributed by atoms with Crippen LogP contribution in [0.3, 0.4) is 0 Å². The Labute approximate surface area is 153 Å². The fraction of sp³-hybridized carbons (Fsp3) is 0.273. The first-order valence-corrected chi connectivity index (χ1v) is 8.75. The van der Waals surface area contributed by atoms with Gasteiger partial charge >= 0.3 is 6.09 Å². The predicted molar refractivity (Wildman–Crippen MR) is 101 cm³/mol. The molecule has 1 N–H and O–H groups in total. The molecule has 0 fully saturated rings. The van der Waals surface area contributed by atoms with E-state index in [4.69, 9.17) is 11.2 Å². The van der Waals surface area contributed by atoms with Crippen molar-refractivity contribution >= 4 is 12.4 Å². The standard InChI is InChI=1S/C22H21NO3/c1-2-3-4-9-16(14-24)23-22(25)26-15-21-19-12-7-5-10-17(19)18-11-6-8-13-20(18)21/h1,5-8,10-14,16,21H,3-4,9,15H2,(H,23,25)/t16-/m1/s1. The molecule has 0 radical (unpaired) electrons. The van der Waals surface area contributed by atoms with E-state index in [1.807, 2.05) is 24.3 Å². The van der Waals surface area contributed by atoms with Gasteiger partial charge in [-0.05, 0) is 35.1 Å². The minimum absolute atomic E-state index is 0.00395. The van der Waals surface area contributed by atoms with E-state index in [9.17, 15) is 9.59 Å². The molecular weight excluding hydrogens is 326 g/mol. The van der Waals surface area contributed by atoms with Crippen molar-refractivity contribution in [2.24, 2.45) is 0 Å². The van der Waals surface area contributed by atoms with Crippen molar-refractivity contribution in [3.8, 4) is 23.5 Å². The Kier molecular flexibility index (Phi) is 5.70. The van der Waals surface area contributed by atoms with Gasteiger partial charge in [0, 0.05) is 12.3 Å². The Balaban J connectivity index is 1.64. The lowest BCUT2D eigenvalue weighted by molar-refractivity contribution is -0.109. The predicted octanol–water partition coefficient (Wildman–Crippen LogP) is 3.90. The number of nitrogens with one attached hydrogen (secondary N) is 1. The Hall–Kier alpha value is -3.06. The molecule has 0 saturated carbocycles. The van der Waals surface area contributed by atoms with Crippen LogP contribution in [0, 0.1) is 12.3 Å². The number of benzene rings is 2. The summed E-state index contributed by atoms with van der Waals surface area (Å²) in [5.74, 6) is 2.53. The first-order chi connectivity index (χ1) is 12.7. The molecule has 0 saturated heterocycles. The van der Waals surface area contributed by atoms with Crippen LogP contribution in [0.1, 0.15) is 36.3 Å². The van der Waals surface area contributed by atoms with Gasteiger partial charge in [0.05, 0.1) is 6.04 Å². The van der Waals surface area contributed by atoms with Crippen LogP contribution >= 0.6 is 0 Å². The molecule has 1 atom stereocenters. The number of aldehydes is 1. The monoisotopic (exact) mass is 347 g/mol. The number of carbonyl (C=O) groups excluding carboxylic acids is 2. The van der Waals surface area contributed by atoms with Gasteiger partial charge in [0.15, 0.2) is 0 Å². The molecule has 0 aliphatic heterocycles. The molecule has 0 aromatic heterocycles. The number of fused-ring (bicyclic) bond motifs is 3. The summed E-state index contributed by atoms with van der Waals surface area (Å²) in [5.41, 5.74) is 4.67. The fourth-order valence-corrected chi connectivity index (χ4v) is 3.39. The lowest BCUT2D eigenvalue weighted by atomic mass is 9.98. The molecule has 1 aliphatic carbocycles. The maximum atomic E-state index is 12.1. The smallest absolute Gasteiger partial charge is 0.407 e. The first kappa shape index (κ1) is 17.8. The molecule has 4 nitrogen and oxygen atoms in total. The second-order valence-corrected chi connectivity index (χ2v) is 6.31. The summed E-state index contributed by atoms with van der Waals surface area (Å²) in [5, 5.41) is 2.60. The SMILES string of the molecule is C#CCCC[C@H](C=O)NC(=O)OCC1c2ccccc2-c2ccccc21. The summed E-state index contributed by atoms with van der Waals surface area (Å²) in [6, 6.07) is 15.7. The van der Waals surface area contributed by atoms with E-state index < -0.39 is 12.1 Å². The molecule has 0 spiro atoms. The van der Waals surface area contributed by atoms with E-state index in [0.29, 0.717) is 19.3 Å². The molecular formula is C22H21NO3. The zero-order valence-corrected chi connectivity index (χ0v) is 14.5. The van der Waals surface area contributed by atoms with E-state index in [1.54, 1.807) is 0 Å². The quantitative estimate of drug-likeness (QED) is 0.469. The summed E-state index contributed by atoms with van der Waals surface area (Å²) >= 11 is 0. The van der Waals surface area contributed by atoms with E-state index in [0.717, 1.165) is 17.4 Å². The van der Waals surface area contributed by atoms with Crippen molar-refractivity contribution < 1.29 is 14.3 Å². The number of hydrogen-bond acceptors (Lipinski definition) is 3. The van der Waals surface area contributed by atoms with Gasteiger partial charge in [0.2, 0.25) is 0 Å². The minimum atomic E-state index is -0.579. The van der Waals surface area contributed by atoms with Crippen LogP contribution in [0.4, 0.5) is 4.79 Å². The number of carbonyl (C=O) groups is 2. The van der Waals surface area contributed by atoms with Crippen molar-refractivity contribution in [2.45, 2.75) is 31.2 Å². The van der Waals surface area contributed by atoms with Gasteiger partial charge in [-0.1, -0.05) is 48.5 Å². The van der Waals surface area contributed by atoms with Crippen LogP contribution in [0.25, 0.3) is 11.1 Å². The summed E-state index contributed by atoms with van der Waals surface area (Å²) in [6.07, 6.45) is 7.12. The lowest BCUT2D eigenvalue weighted by Crippen LogP contribution is -2.37. The van der Waals surface area contributed by atoms with Crippen LogP contribution in [0.2, 0.25) is 0 Å². The van der Waals surface area contributed by atoms with E-state index in [-0.39, 0.29) is 12.5 Å². The topological polar surface area (TPSA) is 55.4 Å². The Morgan fingerprint density at radius 3 is 2.35 bits per heavy atom. The average Bonchev–Trinajstić information content (AvgIpc) is 2.99. The number of alkyl carbamates (subject to hydrolysis) is 1. The Morgan fingerprint density at radius 1 is 1.15 bits per heavy atom. The zero-order chi connectivity index (χ0) is 18.4. The minimum Gasteiger partial charge on any atom is -0.449 e. The maximum Gasteiger partial charge on any atom is 0.407 e. The third-order valence-corrected chi connectivity index (χ3v) is 4.65. The summed E-state index contributed by atoms with van der Waals surface area (Å²) < 4.78 is 5.43. The molecule has 1 amide bonds. The van der Waals surface area contributed by atoms with E-state index in [2.05, 4.69) is 35.5 Å². The molecule has 0 bridgehead atoms. The molecule has 0 unspecified atom stereocenters. The van der Waals surface area contributed by atoms with Crippen molar-refractivity contribution in [3.63, 3.8) is 0 Å². The summed E-state index contributed by atoms with van der Waals surface area (Å²) in [7, 11) is 0. The number of rotatable bonds is 7. The maximum absolute atomic E-state index is 12.1. The number of hydrogen-bond donors (Lipinski definition) is 1. The number of unbranched alkanes of at least 4 members (excludes halogenated alkanes) is 1. The zero-order valence-electron chi connectivity index (χ0n) is 14.5. The largest absolute Gasteiger partial charge is 0.449 e. The number of terminal acetylenes is 1. The van der Waals surface area contributed by atoms with Gasteiger partial charge in [-0.2, -0.15) is 0 Å². The lowest BCUT2D eigenvalue weighted by Gasteiger charge is -2.16. The van der Waals surface area contributed by atoms with Gasteiger partial charge < -0.3 is 14.8 Å². The highest BCUT2D eigenvalue weighted by molar-refractivity contribution is 5.79. The summed E-state index contributed by atoms with van der Waals surface area (Å²) in [6.45, 7) is 0.232. The van der Waals surface area contributed by atoms with Crippen LogP contribution in [-0.2, 0) is 9.53 Å². The molecule has 2 aromatic carbocycles. The molecule has 132 valence electrons. The highest BCUT2D eigenvalue weighted by Crippen LogP contribution is 2.44. The second kappa shape index (κ2) is 8.35. The summed E-state index contributed by atoms with van der Waals surface area (Å²) in [4.78, 5) is 23.2. The molecule has 4 heteroatoms. The Morgan fingerprint density at radius 2 is 1.77 bits per heavy atom. The highest BCUT2D eigenvalue weighted by atomic mass is 16.5. The third kappa shape index (κ3) is 3.78. The number of ether oxygens (including phenoxy) is 1. The van der Waals surface area contributed by atoms with Crippen LogP contribution in [-0.4, -0.2) is 25.0 Å². The van der Waals surface area contributed by atoms with Gasteiger partial charge in [-0.25, -0.2) is 4.79 Å². The average molecular weight is 347 g/mol. The van der Waals surface area contributed by atoms with Gasteiger partial charge in [0.1, 0.15) is 12.9 Å². The van der Waals surface area contributed by atoms with Crippen molar-refractivity contribution in [1.29, 1.82) is 0 Å². The van der Waals surface area contributed by atoms with Crippen LogP contribution in [0.5, 0.6) is 0 Å². The molecule has 0 heterocycles. The van der Waals surface area contributed by atoms with Gasteiger partial charge in [-0.15, -0.1) is 12.3 Å². The number of amides is 1. The van der Waals surface area contributed by atoms with Gasteiger partial charge in [0.25, 0.3) is 0 Å². The molecule has 26 heavy (non-hydrogen) atoms. The second-order valence-electron chi connectivity index (χ2n) is 6.31. The Bertz CT molecular complexity index is 792. The third-order valence-electron chi connectivity index (χ3n) is 4.65. The first-order valence-electron chi connectivity index (χ1n) is 8.75. The molecule has 3 rings (SSSR count). The molecule has 2 aromatic rings. The van der Waals surface area contributed by atoms with Gasteiger partial charge in [-0.3, -0.25) is 0 Å². The van der Waals surface area contributed by atoms with Crippen molar-refractivity contribution in [2.75, 3.05) is 6.61 Å². The van der Waals surface area contributed by atoms with Crippen molar-refractivity contribution in [3.05, 3.63) is 59.7 Å². The van der Waals surface area contributed by atoms with Crippen LogP contribution < -0.4 is 5.32 Å². The molecule has 1 aliphatic rings. The normalized spacial score (nSPS) is 13.2. The van der Waals surface area contributed by atoms with E-state index >= 15 is 0 Å². The van der Waals surface area contributed by atoms with Crippen LogP contribution in [0.15, 0.2) is 48.5 Å². The van der Waals surface area contributed by atoms with Crippen molar-refractivity contribution in [1.82, 2.24) is 5.32 Å².